The number of benzene rings is 1. The summed E-state index contributed by atoms with van der Waals surface area (Å²) in [7, 11) is 1.78. The van der Waals surface area contributed by atoms with E-state index in [4.69, 9.17) is 4.74 Å². The Hall–Kier alpha value is -3.00. The van der Waals surface area contributed by atoms with Crippen LogP contribution in [0, 0.1) is 0 Å². The van der Waals surface area contributed by atoms with Gasteiger partial charge in [0.15, 0.2) is 5.69 Å². The second-order valence-corrected chi connectivity index (χ2v) is 6.81. The maximum Gasteiger partial charge on any atom is 0.279 e. The van der Waals surface area contributed by atoms with E-state index in [0.717, 1.165) is 5.56 Å². The fraction of sp³-hybridized carbons (Fsp3) is 0.368. The number of carbonyl (C=O) groups excluding carboxylic acids is 2. The Morgan fingerprint density at radius 1 is 1.30 bits per heavy atom. The number of aromatic amines is 1. The molecule has 0 saturated carbocycles. The highest BCUT2D eigenvalue weighted by atomic mass is 16.5. The van der Waals surface area contributed by atoms with Crippen LogP contribution in [0.3, 0.4) is 0 Å². The second kappa shape index (κ2) is 6.62. The second-order valence-electron chi connectivity index (χ2n) is 6.81. The average Bonchev–Trinajstić information content (AvgIpc) is 2.71. The Morgan fingerprint density at radius 2 is 2.07 bits per heavy atom. The molecule has 0 aliphatic carbocycles. The number of morpholine rings is 1. The topological polar surface area (TPSA) is 95.6 Å². The van der Waals surface area contributed by atoms with Crippen molar-refractivity contribution in [2.75, 3.05) is 26.7 Å². The molecule has 4 rings (SSSR count). The van der Waals surface area contributed by atoms with Crippen LogP contribution >= 0.6 is 0 Å². The first-order valence-corrected chi connectivity index (χ1v) is 8.81. The lowest BCUT2D eigenvalue weighted by Gasteiger charge is -2.54. The van der Waals surface area contributed by atoms with E-state index in [-0.39, 0.29) is 30.9 Å². The standard InChI is InChI=1S/C19H20N4O4/c1-22-15(24)12-27-14-11-23(18(26)16-17(25)21-9-8-20-16)10-7-19(14,22)13-5-3-2-4-6-13/h2-6,8-9,14H,7,10-12H2,1H3,(H,21,25)/t14-,19+/m1/s1. The molecule has 2 aliphatic heterocycles. The van der Waals surface area contributed by atoms with Crippen molar-refractivity contribution in [1.29, 1.82) is 0 Å². The number of aromatic nitrogens is 2. The summed E-state index contributed by atoms with van der Waals surface area (Å²) < 4.78 is 5.88. The van der Waals surface area contributed by atoms with Gasteiger partial charge in [0.25, 0.3) is 11.5 Å². The van der Waals surface area contributed by atoms with E-state index >= 15 is 0 Å². The number of rotatable bonds is 2. The van der Waals surface area contributed by atoms with Crippen LogP contribution in [0.25, 0.3) is 0 Å². The van der Waals surface area contributed by atoms with E-state index in [1.807, 2.05) is 30.3 Å². The lowest BCUT2D eigenvalue weighted by atomic mass is 9.76. The van der Waals surface area contributed by atoms with Crippen molar-refractivity contribution in [3.8, 4) is 0 Å². The molecule has 8 heteroatoms. The fourth-order valence-corrected chi connectivity index (χ4v) is 4.06. The molecule has 2 fully saturated rings. The van der Waals surface area contributed by atoms with Crippen LogP contribution in [0.2, 0.25) is 0 Å². The number of likely N-dealkylation sites (tertiary alicyclic amines) is 1. The predicted molar refractivity (Wildman–Crippen MR) is 96.0 cm³/mol. The van der Waals surface area contributed by atoms with Crippen molar-refractivity contribution in [1.82, 2.24) is 19.8 Å². The van der Waals surface area contributed by atoms with E-state index in [2.05, 4.69) is 9.97 Å². The molecule has 27 heavy (non-hydrogen) atoms. The predicted octanol–water partition coefficient (Wildman–Crippen LogP) is 0.369. The molecule has 1 N–H and O–H groups in total. The molecule has 2 amide bonds. The Kier molecular flexibility index (Phi) is 4.27. The Bertz CT molecular complexity index is 929. The van der Waals surface area contributed by atoms with Crippen LogP contribution < -0.4 is 5.56 Å². The van der Waals surface area contributed by atoms with Gasteiger partial charge in [0.05, 0.1) is 5.54 Å². The van der Waals surface area contributed by atoms with Crippen molar-refractivity contribution >= 4 is 11.8 Å². The zero-order valence-electron chi connectivity index (χ0n) is 14.9. The molecule has 2 aliphatic rings. The summed E-state index contributed by atoms with van der Waals surface area (Å²) >= 11 is 0. The number of nitrogens with zero attached hydrogens (tertiary/aromatic N) is 3. The molecule has 0 radical (unpaired) electrons. The zero-order chi connectivity index (χ0) is 19.0. The van der Waals surface area contributed by atoms with Gasteiger partial charge in [0.2, 0.25) is 5.91 Å². The van der Waals surface area contributed by atoms with Crippen LogP contribution in [0.5, 0.6) is 0 Å². The number of hydrogen-bond acceptors (Lipinski definition) is 5. The zero-order valence-corrected chi connectivity index (χ0v) is 14.9. The molecule has 140 valence electrons. The highest BCUT2D eigenvalue weighted by Crippen LogP contribution is 2.42. The third-order valence-corrected chi connectivity index (χ3v) is 5.53. The smallest absolute Gasteiger partial charge is 0.279 e. The SMILES string of the molecule is CN1C(=O)CO[C@@H]2CN(C(=O)c3ncc[nH]c3=O)CC[C@]21c1ccccc1. The quantitative estimate of drug-likeness (QED) is 0.826. The number of piperidine rings is 1. The summed E-state index contributed by atoms with van der Waals surface area (Å²) in [4.78, 5) is 46.8. The third kappa shape index (κ3) is 2.73. The lowest BCUT2D eigenvalue weighted by molar-refractivity contribution is -0.180. The van der Waals surface area contributed by atoms with E-state index in [1.54, 1.807) is 16.8 Å². The molecule has 1 aromatic carbocycles. The average molecular weight is 368 g/mol. The number of amides is 2. The van der Waals surface area contributed by atoms with Crippen molar-refractivity contribution in [2.45, 2.75) is 18.1 Å². The van der Waals surface area contributed by atoms with Crippen molar-refractivity contribution in [3.05, 3.63) is 64.3 Å². The van der Waals surface area contributed by atoms with Crippen LogP contribution in [-0.4, -0.2) is 64.4 Å². The molecule has 0 bridgehead atoms. The van der Waals surface area contributed by atoms with Gasteiger partial charge in [-0.3, -0.25) is 14.4 Å². The van der Waals surface area contributed by atoms with Gasteiger partial charge >= 0.3 is 0 Å². The van der Waals surface area contributed by atoms with Crippen LogP contribution in [0.15, 0.2) is 47.5 Å². The van der Waals surface area contributed by atoms with Gasteiger partial charge < -0.3 is 19.5 Å². The highest BCUT2D eigenvalue weighted by Gasteiger charge is 2.53. The minimum atomic E-state index is -0.635. The number of hydrogen-bond donors (Lipinski definition) is 1. The number of H-pyrrole nitrogens is 1. The van der Waals surface area contributed by atoms with Gasteiger partial charge in [0.1, 0.15) is 12.7 Å². The number of nitrogens with one attached hydrogen (secondary N) is 1. The molecule has 3 heterocycles. The molecule has 2 saturated heterocycles. The van der Waals surface area contributed by atoms with Gasteiger partial charge in [-0.05, 0) is 12.0 Å². The Morgan fingerprint density at radius 3 is 2.81 bits per heavy atom. The number of likely N-dealkylation sites (N-methyl/N-ethyl adjacent to an activating group) is 1. The third-order valence-electron chi connectivity index (χ3n) is 5.53. The molecular formula is C19H20N4O4. The molecule has 1 aromatic heterocycles. The number of fused-ring (bicyclic) bond motifs is 1. The van der Waals surface area contributed by atoms with Crippen LogP contribution in [-0.2, 0) is 15.1 Å². The highest BCUT2D eigenvalue weighted by molar-refractivity contribution is 5.92. The van der Waals surface area contributed by atoms with Gasteiger partial charge in [-0.2, -0.15) is 0 Å². The van der Waals surface area contributed by atoms with Gasteiger partial charge in [0, 0.05) is 32.5 Å². The van der Waals surface area contributed by atoms with E-state index in [1.165, 1.54) is 12.4 Å². The summed E-state index contributed by atoms with van der Waals surface area (Å²) in [5, 5.41) is 0. The first-order valence-electron chi connectivity index (χ1n) is 8.81. The van der Waals surface area contributed by atoms with Gasteiger partial charge in [-0.25, -0.2) is 4.98 Å². The molecule has 2 aromatic rings. The molecule has 2 atom stereocenters. The monoisotopic (exact) mass is 368 g/mol. The summed E-state index contributed by atoms with van der Waals surface area (Å²) in [5.41, 5.74) is -0.304. The molecule has 0 spiro atoms. The maximum absolute atomic E-state index is 12.8. The summed E-state index contributed by atoms with van der Waals surface area (Å²) in [6, 6.07) is 9.74. The van der Waals surface area contributed by atoms with Gasteiger partial charge in [-0.15, -0.1) is 0 Å². The van der Waals surface area contributed by atoms with Crippen molar-refractivity contribution in [3.63, 3.8) is 0 Å². The maximum atomic E-state index is 12.8. The molecule has 8 nitrogen and oxygen atoms in total. The normalized spacial score (nSPS) is 25.2. The number of ether oxygens (including phenoxy) is 1. The summed E-state index contributed by atoms with van der Waals surface area (Å²) in [5.74, 6) is -0.516. The van der Waals surface area contributed by atoms with Gasteiger partial charge in [-0.1, -0.05) is 30.3 Å². The van der Waals surface area contributed by atoms with E-state index in [0.29, 0.717) is 13.0 Å². The van der Waals surface area contributed by atoms with E-state index in [9.17, 15) is 14.4 Å². The minimum Gasteiger partial charge on any atom is -0.364 e. The lowest BCUT2D eigenvalue weighted by Crippen LogP contribution is -2.67. The van der Waals surface area contributed by atoms with Crippen LogP contribution in [0.4, 0.5) is 0 Å². The largest absolute Gasteiger partial charge is 0.364 e. The van der Waals surface area contributed by atoms with E-state index < -0.39 is 17.0 Å². The summed E-state index contributed by atoms with van der Waals surface area (Å²) in [6.07, 6.45) is 2.90. The first kappa shape index (κ1) is 17.4. The number of carbonyl (C=O) groups is 2. The fourth-order valence-electron chi connectivity index (χ4n) is 4.06. The molecule has 0 unspecified atom stereocenters. The van der Waals surface area contributed by atoms with Crippen LogP contribution in [0.1, 0.15) is 22.5 Å². The van der Waals surface area contributed by atoms with Crippen molar-refractivity contribution in [2.24, 2.45) is 0 Å². The first-order chi connectivity index (χ1) is 13.0. The molecular weight excluding hydrogens is 348 g/mol. The Labute approximate surface area is 155 Å². The Balaban J connectivity index is 1.68. The summed E-state index contributed by atoms with van der Waals surface area (Å²) in [6.45, 7) is 0.643. The van der Waals surface area contributed by atoms with Crippen molar-refractivity contribution < 1.29 is 14.3 Å². The minimum absolute atomic E-state index is 0.0258.